The van der Waals surface area contributed by atoms with Crippen LogP contribution in [-0.2, 0) is 11.2 Å². The van der Waals surface area contributed by atoms with Crippen molar-refractivity contribution >= 4 is 5.97 Å². The number of aliphatic carboxylic acids is 1. The monoisotopic (exact) mass is 376 g/mol. The molecule has 0 aromatic heterocycles. The second-order valence-electron chi connectivity index (χ2n) is 6.61. The summed E-state index contributed by atoms with van der Waals surface area (Å²) in [7, 11) is 3.32. The number of carboxylic acids is 1. The van der Waals surface area contributed by atoms with E-state index in [4.69, 9.17) is 14.6 Å². The van der Waals surface area contributed by atoms with Crippen molar-refractivity contribution < 1.29 is 19.4 Å². The van der Waals surface area contributed by atoms with E-state index >= 15 is 0 Å². The van der Waals surface area contributed by atoms with Gasteiger partial charge in [0.05, 0.1) is 14.2 Å². The second kappa shape index (κ2) is 9.09. The number of carbonyl (C=O) groups is 1. The first-order valence-electron chi connectivity index (χ1n) is 9.19. The third-order valence-electron chi connectivity index (χ3n) is 4.84. The molecule has 0 saturated heterocycles. The fourth-order valence-electron chi connectivity index (χ4n) is 3.30. The quantitative estimate of drug-likeness (QED) is 0.568. The lowest BCUT2D eigenvalue weighted by molar-refractivity contribution is -0.136. The van der Waals surface area contributed by atoms with Crippen LogP contribution in [0.15, 0.2) is 72.8 Å². The number of benzene rings is 3. The van der Waals surface area contributed by atoms with E-state index in [9.17, 15) is 4.79 Å². The average molecular weight is 376 g/mol. The van der Waals surface area contributed by atoms with Crippen LogP contribution in [0.4, 0.5) is 0 Å². The number of hydrogen-bond acceptors (Lipinski definition) is 3. The molecule has 3 aromatic rings. The molecule has 0 unspecified atom stereocenters. The van der Waals surface area contributed by atoms with Crippen LogP contribution in [0.1, 0.15) is 34.6 Å². The van der Waals surface area contributed by atoms with Gasteiger partial charge in [0.2, 0.25) is 0 Å². The summed E-state index contributed by atoms with van der Waals surface area (Å²) in [4.78, 5) is 10.8. The summed E-state index contributed by atoms with van der Waals surface area (Å²) < 4.78 is 10.6. The Morgan fingerprint density at radius 3 is 1.50 bits per heavy atom. The van der Waals surface area contributed by atoms with E-state index in [2.05, 4.69) is 36.4 Å². The molecule has 3 aromatic carbocycles. The van der Waals surface area contributed by atoms with Gasteiger partial charge in [-0.15, -0.1) is 0 Å². The molecule has 4 nitrogen and oxygen atoms in total. The van der Waals surface area contributed by atoms with Gasteiger partial charge in [0.1, 0.15) is 11.5 Å². The van der Waals surface area contributed by atoms with Crippen molar-refractivity contribution in [3.63, 3.8) is 0 Å². The Balaban J connectivity index is 1.95. The third kappa shape index (κ3) is 4.71. The molecule has 0 heterocycles. The summed E-state index contributed by atoms with van der Waals surface area (Å²) in [6, 6.07) is 24.3. The van der Waals surface area contributed by atoms with Crippen LogP contribution >= 0.6 is 0 Å². The molecule has 0 amide bonds. The van der Waals surface area contributed by atoms with Crippen molar-refractivity contribution in [1.82, 2.24) is 0 Å². The fraction of sp³-hybridized carbons (Fsp3) is 0.208. The number of methoxy groups -OCH3 is 2. The Hall–Kier alpha value is -3.27. The molecule has 0 aliphatic carbocycles. The van der Waals surface area contributed by atoms with Crippen molar-refractivity contribution in [2.75, 3.05) is 14.2 Å². The summed E-state index contributed by atoms with van der Waals surface area (Å²) in [5.41, 5.74) is 4.48. The van der Waals surface area contributed by atoms with Gasteiger partial charge in [-0.25, -0.2) is 0 Å². The highest BCUT2D eigenvalue weighted by molar-refractivity contribution is 5.67. The largest absolute Gasteiger partial charge is 0.497 e. The Labute approximate surface area is 165 Å². The Morgan fingerprint density at radius 1 is 0.750 bits per heavy atom. The van der Waals surface area contributed by atoms with Gasteiger partial charge in [-0.1, -0.05) is 48.5 Å². The number of carboxylic acid groups (broad SMARTS) is 1. The van der Waals surface area contributed by atoms with E-state index in [0.29, 0.717) is 6.42 Å². The zero-order chi connectivity index (χ0) is 19.9. The van der Waals surface area contributed by atoms with Gasteiger partial charge in [-0.05, 0) is 52.9 Å². The molecule has 1 N–H and O–H groups in total. The summed E-state index contributed by atoms with van der Waals surface area (Å²) >= 11 is 0. The van der Waals surface area contributed by atoms with Gasteiger partial charge in [0, 0.05) is 12.3 Å². The van der Waals surface area contributed by atoms with Crippen molar-refractivity contribution in [2.24, 2.45) is 0 Å². The fourth-order valence-corrected chi connectivity index (χ4v) is 3.30. The molecule has 0 atom stereocenters. The maximum atomic E-state index is 10.8. The summed E-state index contributed by atoms with van der Waals surface area (Å²) in [5, 5.41) is 8.88. The lowest BCUT2D eigenvalue weighted by Crippen LogP contribution is -2.04. The van der Waals surface area contributed by atoms with Crippen LogP contribution in [-0.4, -0.2) is 25.3 Å². The van der Waals surface area contributed by atoms with Crippen LogP contribution in [0.25, 0.3) is 0 Å². The maximum Gasteiger partial charge on any atom is 0.303 e. The van der Waals surface area contributed by atoms with Crippen molar-refractivity contribution in [3.05, 3.63) is 95.1 Å². The third-order valence-corrected chi connectivity index (χ3v) is 4.84. The minimum atomic E-state index is -0.779. The second-order valence-corrected chi connectivity index (χ2v) is 6.61. The first-order valence-corrected chi connectivity index (χ1v) is 9.19. The highest BCUT2D eigenvalue weighted by Gasteiger charge is 2.17. The molecule has 0 bridgehead atoms. The molecular formula is C24H24O4. The predicted molar refractivity (Wildman–Crippen MR) is 109 cm³/mol. The smallest absolute Gasteiger partial charge is 0.303 e. The Kier molecular flexibility index (Phi) is 6.33. The van der Waals surface area contributed by atoms with E-state index in [1.807, 2.05) is 36.4 Å². The molecule has 0 saturated carbocycles. The summed E-state index contributed by atoms with van der Waals surface area (Å²) in [6.07, 6.45) is 0.672. The minimum Gasteiger partial charge on any atom is -0.497 e. The number of rotatable bonds is 8. The lowest BCUT2D eigenvalue weighted by Gasteiger charge is -2.20. The van der Waals surface area contributed by atoms with Crippen molar-refractivity contribution in [2.45, 2.75) is 18.8 Å². The molecule has 0 spiro atoms. The zero-order valence-corrected chi connectivity index (χ0v) is 16.1. The van der Waals surface area contributed by atoms with Crippen LogP contribution in [0, 0.1) is 0 Å². The first-order chi connectivity index (χ1) is 13.6. The van der Waals surface area contributed by atoms with Gasteiger partial charge >= 0.3 is 5.97 Å². The minimum absolute atomic E-state index is 0.0605. The molecule has 0 radical (unpaired) electrons. The molecular weight excluding hydrogens is 352 g/mol. The molecule has 0 aliphatic heterocycles. The van der Waals surface area contributed by atoms with Crippen LogP contribution < -0.4 is 9.47 Å². The van der Waals surface area contributed by atoms with Crippen LogP contribution in [0.2, 0.25) is 0 Å². The topological polar surface area (TPSA) is 55.8 Å². The summed E-state index contributed by atoms with van der Waals surface area (Å²) in [5.74, 6) is 0.922. The van der Waals surface area contributed by atoms with E-state index in [-0.39, 0.29) is 12.3 Å². The zero-order valence-electron chi connectivity index (χ0n) is 16.1. The maximum absolute atomic E-state index is 10.8. The van der Waals surface area contributed by atoms with Gasteiger partial charge in [-0.3, -0.25) is 4.79 Å². The normalized spacial score (nSPS) is 10.7. The van der Waals surface area contributed by atoms with Crippen LogP contribution in [0.3, 0.4) is 0 Å². The highest BCUT2D eigenvalue weighted by Crippen LogP contribution is 2.34. The van der Waals surface area contributed by atoms with Crippen LogP contribution in [0.5, 0.6) is 11.5 Å². The van der Waals surface area contributed by atoms with E-state index in [1.54, 1.807) is 14.2 Å². The van der Waals surface area contributed by atoms with Gasteiger partial charge in [0.15, 0.2) is 0 Å². The van der Waals surface area contributed by atoms with Crippen molar-refractivity contribution in [3.8, 4) is 11.5 Å². The standard InChI is InChI=1S/C24H24O4/c1-27-21-12-8-19(9-13-21)24(20-10-14-22(28-2)15-11-20)18-6-3-17(4-7-18)5-16-23(25)26/h3-4,6-15,24H,5,16H2,1-2H3,(H,25,26). The predicted octanol–water partition coefficient (Wildman–Crippen LogP) is 4.90. The van der Waals surface area contributed by atoms with Gasteiger partial charge < -0.3 is 14.6 Å². The molecule has 4 heteroatoms. The molecule has 144 valence electrons. The molecule has 0 fully saturated rings. The number of hydrogen-bond donors (Lipinski definition) is 1. The van der Waals surface area contributed by atoms with E-state index in [0.717, 1.165) is 33.8 Å². The van der Waals surface area contributed by atoms with Gasteiger partial charge in [0.25, 0.3) is 0 Å². The summed E-state index contributed by atoms with van der Waals surface area (Å²) in [6.45, 7) is 0. The average Bonchev–Trinajstić information content (AvgIpc) is 2.74. The molecule has 28 heavy (non-hydrogen) atoms. The Morgan fingerprint density at radius 2 is 1.14 bits per heavy atom. The van der Waals surface area contributed by atoms with Crippen molar-refractivity contribution in [1.29, 1.82) is 0 Å². The van der Waals surface area contributed by atoms with E-state index < -0.39 is 5.97 Å². The van der Waals surface area contributed by atoms with Gasteiger partial charge in [-0.2, -0.15) is 0 Å². The molecule has 0 aliphatic rings. The lowest BCUT2D eigenvalue weighted by atomic mass is 9.84. The first kappa shape index (κ1) is 19.5. The Bertz CT molecular complexity index is 849. The molecule has 3 rings (SSSR count). The van der Waals surface area contributed by atoms with E-state index in [1.165, 1.54) is 0 Å². The number of aryl methyl sites for hydroxylation is 1. The number of ether oxygens (including phenoxy) is 2. The highest BCUT2D eigenvalue weighted by atomic mass is 16.5. The SMILES string of the molecule is COc1ccc(C(c2ccc(CCC(=O)O)cc2)c2ccc(OC)cc2)cc1.